The molecule has 2 amide bonds. The molecule has 0 saturated heterocycles. The van der Waals surface area contributed by atoms with Crippen LogP contribution < -0.4 is 20.2 Å². The minimum absolute atomic E-state index is 0.415. The predicted molar refractivity (Wildman–Crippen MR) is 95.0 cm³/mol. The van der Waals surface area contributed by atoms with Crippen molar-refractivity contribution in [2.75, 3.05) is 19.0 Å². The molecule has 0 aliphatic carbocycles. The maximum absolute atomic E-state index is 12.0. The second kappa shape index (κ2) is 9.07. The molecule has 0 heterocycles. The lowest BCUT2D eigenvalue weighted by Gasteiger charge is -2.10. The van der Waals surface area contributed by atoms with Gasteiger partial charge in [0.25, 0.3) is 0 Å². The number of amides is 2. The average molecular weight is 341 g/mol. The lowest BCUT2D eigenvalue weighted by atomic mass is 10.2. The molecule has 2 rings (SSSR count). The van der Waals surface area contributed by atoms with E-state index in [9.17, 15) is 9.59 Å². The molecule has 2 N–H and O–H groups in total. The van der Waals surface area contributed by atoms with E-state index in [4.69, 9.17) is 9.47 Å². The molecule has 2 aromatic carbocycles. The summed E-state index contributed by atoms with van der Waals surface area (Å²) in [6.07, 6.45) is 1.40. The normalized spacial score (nSPS) is 10.3. The Kier molecular flexibility index (Phi) is 6.53. The molecule has 0 atom stereocenters. The van der Waals surface area contributed by atoms with Gasteiger partial charge in [-0.05, 0) is 31.2 Å². The first-order chi connectivity index (χ1) is 12.2. The summed E-state index contributed by atoms with van der Waals surface area (Å²) in [4.78, 5) is 23.8. The second-order valence-corrected chi connectivity index (χ2v) is 4.82. The van der Waals surface area contributed by atoms with E-state index in [0.717, 1.165) is 0 Å². The highest BCUT2D eigenvalue weighted by Gasteiger charge is 2.15. The molecule has 130 valence electrons. The summed E-state index contributed by atoms with van der Waals surface area (Å²) in [5.74, 6) is -0.638. The van der Waals surface area contributed by atoms with E-state index in [2.05, 4.69) is 15.8 Å². The van der Waals surface area contributed by atoms with Crippen LogP contribution in [0.25, 0.3) is 0 Å². The van der Waals surface area contributed by atoms with Gasteiger partial charge in [0.1, 0.15) is 11.5 Å². The molecule has 0 saturated carbocycles. The zero-order chi connectivity index (χ0) is 18.1. The summed E-state index contributed by atoms with van der Waals surface area (Å²) < 4.78 is 10.6. The smallest absolute Gasteiger partial charge is 0.329 e. The molecule has 2 aromatic rings. The van der Waals surface area contributed by atoms with Crippen LogP contribution in [-0.2, 0) is 9.59 Å². The number of nitrogens with one attached hydrogen (secondary N) is 2. The van der Waals surface area contributed by atoms with E-state index >= 15 is 0 Å². The highest BCUT2D eigenvalue weighted by Crippen LogP contribution is 2.23. The molecular formula is C18H19N3O4. The Labute approximate surface area is 145 Å². The first-order valence-electron chi connectivity index (χ1n) is 7.65. The molecule has 7 heteroatoms. The van der Waals surface area contributed by atoms with Crippen molar-refractivity contribution in [3.63, 3.8) is 0 Å². The molecule has 0 unspecified atom stereocenters. The molecule has 0 spiro atoms. The molecule has 7 nitrogen and oxygen atoms in total. The van der Waals surface area contributed by atoms with Crippen LogP contribution in [0.5, 0.6) is 11.5 Å². The minimum atomic E-state index is -0.891. The fourth-order valence-electron chi connectivity index (χ4n) is 2.01. The minimum Gasteiger partial charge on any atom is -0.496 e. The lowest BCUT2D eigenvalue weighted by Crippen LogP contribution is -2.32. The van der Waals surface area contributed by atoms with Crippen LogP contribution in [0.4, 0.5) is 5.69 Å². The standard InChI is InChI=1S/C18H19N3O4/c1-3-25-16-11-7-5-9-14(16)20-17(22)18(23)21-19-12-13-8-4-6-10-15(13)24-2/h4-12H,3H2,1-2H3,(H,20,22)(H,21,23)/b19-12+. The SMILES string of the molecule is CCOc1ccccc1NC(=O)C(=O)N/N=C/c1ccccc1OC. The van der Waals surface area contributed by atoms with Crippen LogP contribution in [0.2, 0.25) is 0 Å². The Balaban J connectivity index is 1.97. The van der Waals surface area contributed by atoms with Crippen molar-refractivity contribution in [2.45, 2.75) is 6.92 Å². The van der Waals surface area contributed by atoms with Crippen molar-refractivity contribution >= 4 is 23.7 Å². The summed E-state index contributed by atoms with van der Waals surface area (Å²) >= 11 is 0. The Morgan fingerprint density at radius 3 is 2.44 bits per heavy atom. The number of para-hydroxylation sites is 3. The van der Waals surface area contributed by atoms with Gasteiger partial charge in [-0.1, -0.05) is 24.3 Å². The van der Waals surface area contributed by atoms with Crippen molar-refractivity contribution in [2.24, 2.45) is 5.10 Å². The van der Waals surface area contributed by atoms with Gasteiger partial charge < -0.3 is 14.8 Å². The number of hydrazone groups is 1. The number of carbonyl (C=O) groups is 2. The Hall–Kier alpha value is -3.35. The maximum Gasteiger partial charge on any atom is 0.329 e. The van der Waals surface area contributed by atoms with E-state index in [-0.39, 0.29) is 0 Å². The predicted octanol–water partition coefficient (Wildman–Crippen LogP) is 2.18. The van der Waals surface area contributed by atoms with Crippen LogP contribution in [-0.4, -0.2) is 31.7 Å². The topological polar surface area (TPSA) is 89.0 Å². The fourth-order valence-corrected chi connectivity index (χ4v) is 2.01. The molecule has 0 aromatic heterocycles. The van der Waals surface area contributed by atoms with Crippen molar-refractivity contribution in [1.82, 2.24) is 5.43 Å². The molecule has 0 aliphatic heterocycles. The van der Waals surface area contributed by atoms with E-state index in [1.165, 1.54) is 13.3 Å². The van der Waals surface area contributed by atoms with E-state index in [1.54, 1.807) is 36.4 Å². The van der Waals surface area contributed by atoms with Crippen molar-refractivity contribution in [1.29, 1.82) is 0 Å². The summed E-state index contributed by atoms with van der Waals surface area (Å²) in [7, 11) is 1.54. The van der Waals surface area contributed by atoms with Gasteiger partial charge in [-0.3, -0.25) is 9.59 Å². The number of hydrogen-bond acceptors (Lipinski definition) is 5. The number of benzene rings is 2. The number of nitrogens with zero attached hydrogens (tertiary/aromatic N) is 1. The van der Waals surface area contributed by atoms with Crippen molar-refractivity contribution < 1.29 is 19.1 Å². The highest BCUT2D eigenvalue weighted by atomic mass is 16.5. The van der Waals surface area contributed by atoms with Gasteiger partial charge in [-0.2, -0.15) is 5.10 Å². The van der Waals surface area contributed by atoms with Gasteiger partial charge >= 0.3 is 11.8 Å². The van der Waals surface area contributed by atoms with Crippen molar-refractivity contribution in [3.05, 3.63) is 54.1 Å². The molecule has 0 fully saturated rings. The number of anilines is 1. The second-order valence-electron chi connectivity index (χ2n) is 4.82. The van der Waals surface area contributed by atoms with Gasteiger partial charge in [-0.25, -0.2) is 5.43 Å². The highest BCUT2D eigenvalue weighted by molar-refractivity contribution is 6.39. The third kappa shape index (κ3) is 5.07. The summed E-state index contributed by atoms with van der Waals surface area (Å²) in [5, 5.41) is 6.27. The molecule has 0 bridgehead atoms. The summed E-state index contributed by atoms with van der Waals surface area (Å²) in [6, 6.07) is 14.0. The first kappa shape index (κ1) is 18.0. The zero-order valence-electron chi connectivity index (χ0n) is 14.0. The molecule has 25 heavy (non-hydrogen) atoms. The fraction of sp³-hybridized carbons (Fsp3) is 0.167. The molecule has 0 aliphatic rings. The van der Waals surface area contributed by atoms with Crippen LogP contribution in [0.15, 0.2) is 53.6 Å². The van der Waals surface area contributed by atoms with Gasteiger partial charge in [0, 0.05) is 5.56 Å². The number of hydrogen-bond donors (Lipinski definition) is 2. The lowest BCUT2D eigenvalue weighted by molar-refractivity contribution is -0.136. The van der Waals surface area contributed by atoms with Crippen LogP contribution in [0, 0.1) is 0 Å². The van der Waals surface area contributed by atoms with Crippen molar-refractivity contribution in [3.8, 4) is 11.5 Å². The first-order valence-corrected chi connectivity index (χ1v) is 7.65. The van der Waals surface area contributed by atoms with E-state index < -0.39 is 11.8 Å². The average Bonchev–Trinajstić information content (AvgIpc) is 2.63. The van der Waals surface area contributed by atoms with Gasteiger partial charge in [0.2, 0.25) is 0 Å². The summed E-state index contributed by atoms with van der Waals surface area (Å²) in [5.41, 5.74) is 3.26. The Morgan fingerprint density at radius 1 is 1.04 bits per heavy atom. The molecule has 0 radical (unpaired) electrons. The van der Waals surface area contributed by atoms with Crippen LogP contribution in [0.1, 0.15) is 12.5 Å². The monoisotopic (exact) mass is 341 g/mol. The Morgan fingerprint density at radius 2 is 1.72 bits per heavy atom. The van der Waals surface area contributed by atoms with Gasteiger partial charge in [-0.15, -0.1) is 0 Å². The zero-order valence-corrected chi connectivity index (χ0v) is 14.0. The van der Waals surface area contributed by atoms with Crippen LogP contribution in [0.3, 0.4) is 0 Å². The number of rotatable bonds is 6. The summed E-state index contributed by atoms with van der Waals surface area (Å²) in [6.45, 7) is 2.28. The molecular weight excluding hydrogens is 322 g/mol. The third-order valence-electron chi connectivity index (χ3n) is 3.15. The van der Waals surface area contributed by atoms with Gasteiger partial charge in [0.15, 0.2) is 0 Å². The maximum atomic E-state index is 12.0. The van der Waals surface area contributed by atoms with E-state index in [1.807, 2.05) is 19.1 Å². The third-order valence-corrected chi connectivity index (χ3v) is 3.15. The largest absolute Gasteiger partial charge is 0.496 e. The number of carbonyl (C=O) groups excluding carboxylic acids is 2. The van der Waals surface area contributed by atoms with E-state index in [0.29, 0.717) is 29.4 Å². The number of methoxy groups -OCH3 is 1. The quantitative estimate of drug-likeness (QED) is 0.479. The Bertz CT molecular complexity index is 774. The van der Waals surface area contributed by atoms with Gasteiger partial charge in [0.05, 0.1) is 25.6 Å². The number of ether oxygens (including phenoxy) is 2. The van der Waals surface area contributed by atoms with Crippen LogP contribution >= 0.6 is 0 Å².